The summed E-state index contributed by atoms with van der Waals surface area (Å²) in [5, 5.41) is 12.8. The molecular weight excluding hydrogens is 416 g/mol. The summed E-state index contributed by atoms with van der Waals surface area (Å²) in [6, 6.07) is 34.9. The van der Waals surface area contributed by atoms with Crippen molar-refractivity contribution in [2.45, 2.75) is 10.1 Å². The van der Waals surface area contributed by atoms with Gasteiger partial charge in [0.05, 0.1) is 10.8 Å². The fourth-order valence-electron chi connectivity index (χ4n) is 3.78. The molecule has 0 aliphatic carbocycles. The predicted molar refractivity (Wildman–Crippen MR) is 130 cm³/mol. The van der Waals surface area contributed by atoms with E-state index in [1.54, 1.807) is 0 Å². The van der Waals surface area contributed by atoms with E-state index >= 15 is 0 Å². The normalized spacial score (nSPS) is 12.0. The molecule has 5 rings (SSSR count). The van der Waals surface area contributed by atoms with Gasteiger partial charge in [0.2, 0.25) is 0 Å². The molecule has 1 atom stereocenters. The molecule has 0 aliphatic heterocycles. The van der Waals surface area contributed by atoms with E-state index in [4.69, 9.17) is 4.42 Å². The third-order valence-electron chi connectivity index (χ3n) is 5.36. The molecule has 0 saturated carbocycles. The van der Waals surface area contributed by atoms with Crippen LogP contribution >= 0.6 is 11.8 Å². The first kappa shape index (κ1) is 20.2. The molecule has 0 bridgehead atoms. The molecule has 4 heteroatoms. The Balaban J connectivity index is 1.60. The molecule has 0 amide bonds. The van der Waals surface area contributed by atoms with Crippen molar-refractivity contribution in [1.29, 1.82) is 0 Å². The van der Waals surface area contributed by atoms with E-state index in [9.17, 15) is 9.90 Å². The van der Waals surface area contributed by atoms with E-state index in [0.29, 0.717) is 5.76 Å². The van der Waals surface area contributed by atoms with E-state index in [-0.39, 0.29) is 11.3 Å². The van der Waals surface area contributed by atoms with Crippen LogP contribution in [0.5, 0.6) is 5.75 Å². The zero-order valence-corrected chi connectivity index (χ0v) is 18.0. The molecule has 0 spiro atoms. The van der Waals surface area contributed by atoms with Crippen molar-refractivity contribution in [2.75, 3.05) is 0 Å². The van der Waals surface area contributed by atoms with Crippen LogP contribution in [0.25, 0.3) is 22.1 Å². The molecule has 1 heterocycles. The van der Waals surface area contributed by atoms with Crippen LogP contribution in [0.2, 0.25) is 0 Å². The lowest BCUT2D eigenvalue weighted by molar-refractivity contribution is 0.442. The van der Waals surface area contributed by atoms with E-state index in [1.165, 1.54) is 17.8 Å². The molecule has 0 saturated heterocycles. The second-order valence-corrected chi connectivity index (χ2v) is 8.66. The fourth-order valence-corrected chi connectivity index (χ4v) is 5.02. The molecule has 32 heavy (non-hydrogen) atoms. The van der Waals surface area contributed by atoms with E-state index < -0.39 is 10.9 Å². The van der Waals surface area contributed by atoms with Gasteiger partial charge in [0.25, 0.3) is 0 Å². The van der Waals surface area contributed by atoms with Gasteiger partial charge in [-0.15, -0.1) is 11.8 Å². The Labute approximate surface area is 190 Å². The zero-order chi connectivity index (χ0) is 21.9. The Kier molecular flexibility index (Phi) is 5.53. The van der Waals surface area contributed by atoms with Gasteiger partial charge >= 0.3 is 5.63 Å². The molecule has 3 nitrogen and oxygen atoms in total. The monoisotopic (exact) mass is 436 g/mol. The third-order valence-corrected chi connectivity index (χ3v) is 6.63. The second-order valence-electron chi connectivity index (χ2n) is 7.48. The van der Waals surface area contributed by atoms with Gasteiger partial charge in [-0.05, 0) is 28.5 Å². The Morgan fingerprint density at radius 3 is 2.09 bits per heavy atom. The van der Waals surface area contributed by atoms with Gasteiger partial charge in [0.15, 0.2) is 0 Å². The summed E-state index contributed by atoms with van der Waals surface area (Å²) in [4.78, 5) is 14.1. The minimum atomic E-state index is -0.536. The van der Waals surface area contributed by atoms with Gasteiger partial charge in [-0.25, -0.2) is 4.79 Å². The molecule has 4 aromatic carbocycles. The van der Waals surface area contributed by atoms with Crippen LogP contribution in [-0.2, 0) is 0 Å². The van der Waals surface area contributed by atoms with Gasteiger partial charge in [-0.1, -0.05) is 91.0 Å². The van der Waals surface area contributed by atoms with Gasteiger partial charge in [0, 0.05) is 16.5 Å². The van der Waals surface area contributed by atoms with Crippen LogP contribution < -0.4 is 5.63 Å². The van der Waals surface area contributed by atoms with Crippen molar-refractivity contribution in [2.24, 2.45) is 0 Å². The Morgan fingerprint density at radius 1 is 0.719 bits per heavy atom. The smallest absolute Gasteiger partial charge is 0.344 e. The molecular formula is C28H20O3S. The first-order valence-electron chi connectivity index (χ1n) is 10.3. The summed E-state index contributed by atoms with van der Waals surface area (Å²) < 4.78 is 5.66. The zero-order valence-electron chi connectivity index (χ0n) is 17.1. The van der Waals surface area contributed by atoms with Crippen molar-refractivity contribution < 1.29 is 9.52 Å². The molecule has 0 unspecified atom stereocenters. The maximum atomic E-state index is 13.1. The van der Waals surface area contributed by atoms with E-state index in [0.717, 1.165) is 26.8 Å². The van der Waals surface area contributed by atoms with Crippen LogP contribution in [-0.4, -0.2) is 5.11 Å². The van der Waals surface area contributed by atoms with E-state index in [1.807, 2.05) is 78.9 Å². The first-order valence-corrected chi connectivity index (χ1v) is 11.2. The minimum absolute atomic E-state index is 0.0674. The summed E-state index contributed by atoms with van der Waals surface area (Å²) in [5.41, 5.74) is 1.37. The third kappa shape index (κ3) is 4.05. The van der Waals surface area contributed by atoms with Gasteiger partial charge in [-0.2, -0.15) is 0 Å². The van der Waals surface area contributed by atoms with Gasteiger partial charge < -0.3 is 9.52 Å². The lowest BCUT2D eigenvalue weighted by atomic mass is 10.0. The average Bonchev–Trinajstić information content (AvgIpc) is 2.84. The molecule has 5 aromatic rings. The highest BCUT2D eigenvalue weighted by molar-refractivity contribution is 7.99. The van der Waals surface area contributed by atoms with Gasteiger partial charge in [-0.3, -0.25) is 0 Å². The van der Waals surface area contributed by atoms with Crippen molar-refractivity contribution in [3.05, 3.63) is 131 Å². The highest BCUT2D eigenvalue weighted by atomic mass is 32.2. The lowest BCUT2D eigenvalue weighted by Gasteiger charge is -2.18. The number of hydrogen-bond donors (Lipinski definition) is 1. The summed E-state index contributed by atoms with van der Waals surface area (Å²) in [6.45, 7) is 0. The van der Waals surface area contributed by atoms with Crippen LogP contribution in [0.1, 0.15) is 16.4 Å². The summed E-state index contributed by atoms with van der Waals surface area (Å²) in [7, 11) is 0. The minimum Gasteiger partial charge on any atom is -0.507 e. The van der Waals surface area contributed by atoms with Crippen molar-refractivity contribution in [1.82, 2.24) is 0 Å². The molecule has 0 aliphatic rings. The SMILES string of the molecule is O=c1oc(-c2ccccc2)cc(O)c1[C@H](Sc1ccc2ccccc2c1)c1ccccc1. The van der Waals surface area contributed by atoms with Crippen molar-refractivity contribution in [3.8, 4) is 17.1 Å². The number of benzene rings is 4. The Bertz CT molecular complexity index is 1430. The van der Waals surface area contributed by atoms with Crippen LogP contribution in [0, 0.1) is 0 Å². The molecule has 1 N–H and O–H groups in total. The maximum Gasteiger partial charge on any atom is 0.344 e. The largest absolute Gasteiger partial charge is 0.507 e. The Morgan fingerprint density at radius 2 is 1.38 bits per heavy atom. The number of thioether (sulfide) groups is 1. The topological polar surface area (TPSA) is 50.4 Å². The second kappa shape index (κ2) is 8.77. The Hall–Kier alpha value is -3.76. The van der Waals surface area contributed by atoms with Gasteiger partial charge in [0.1, 0.15) is 11.5 Å². The predicted octanol–water partition coefficient (Wildman–Crippen LogP) is 7.05. The van der Waals surface area contributed by atoms with Crippen LogP contribution in [0.4, 0.5) is 0 Å². The van der Waals surface area contributed by atoms with Crippen LogP contribution in [0.3, 0.4) is 0 Å². The number of hydrogen-bond acceptors (Lipinski definition) is 4. The molecule has 1 aromatic heterocycles. The summed E-state index contributed by atoms with van der Waals surface area (Å²) in [5.74, 6) is 0.279. The van der Waals surface area contributed by atoms with Crippen molar-refractivity contribution in [3.63, 3.8) is 0 Å². The van der Waals surface area contributed by atoms with Crippen molar-refractivity contribution >= 4 is 22.5 Å². The highest BCUT2D eigenvalue weighted by Gasteiger charge is 2.25. The quantitative estimate of drug-likeness (QED) is 0.300. The molecule has 0 fully saturated rings. The number of fused-ring (bicyclic) bond motifs is 1. The average molecular weight is 437 g/mol. The van der Waals surface area contributed by atoms with E-state index in [2.05, 4.69) is 24.3 Å². The highest BCUT2D eigenvalue weighted by Crippen LogP contribution is 2.43. The maximum absolute atomic E-state index is 13.1. The summed E-state index contributed by atoms with van der Waals surface area (Å²) >= 11 is 1.52. The standard InChI is InChI=1S/C28H20O3S/c29-24-18-25(20-10-3-1-4-11-20)31-28(30)26(24)27(21-12-5-2-6-13-21)32-23-16-15-19-9-7-8-14-22(19)17-23/h1-18,27,29H/t27-/m1/s1. The number of rotatable bonds is 5. The molecule has 156 valence electrons. The molecule has 0 radical (unpaired) electrons. The lowest BCUT2D eigenvalue weighted by Crippen LogP contribution is -2.12. The number of aromatic hydroxyl groups is 1. The van der Waals surface area contributed by atoms with Crippen LogP contribution in [0.15, 0.2) is 123 Å². The first-order chi connectivity index (χ1) is 15.7. The fraction of sp³-hybridized carbons (Fsp3) is 0.0357. The summed E-state index contributed by atoms with van der Waals surface area (Å²) in [6.07, 6.45) is 0.